The summed E-state index contributed by atoms with van der Waals surface area (Å²) in [6, 6.07) is 3.69. The standard InChI is InChI=1S/C15H19FO3/c1-15(2)8-7-14(19-15)13(18)5-3-10-9-11(16)4-6-12(10)17/h3-6,9,13-14,17-18H,7-8H2,1-2H3/b5-3+/t13?,14-/m0/s1. The van der Waals surface area contributed by atoms with Gasteiger partial charge >= 0.3 is 0 Å². The largest absolute Gasteiger partial charge is 0.507 e. The highest BCUT2D eigenvalue weighted by molar-refractivity contribution is 5.57. The molecule has 2 N–H and O–H groups in total. The molecule has 1 aliphatic rings. The van der Waals surface area contributed by atoms with Crippen LogP contribution in [0.15, 0.2) is 24.3 Å². The van der Waals surface area contributed by atoms with Gasteiger partial charge in [-0.2, -0.15) is 0 Å². The van der Waals surface area contributed by atoms with Gasteiger partial charge in [-0.1, -0.05) is 12.2 Å². The molecule has 1 aromatic rings. The van der Waals surface area contributed by atoms with Crippen LogP contribution in [0.2, 0.25) is 0 Å². The van der Waals surface area contributed by atoms with Crippen LogP contribution in [0.5, 0.6) is 5.75 Å². The Bertz CT molecular complexity index is 482. The van der Waals surface area contributed by atoms with Gasteiger partial charge < -0.3 is 14.9 Å². The Morgan fingerprint density at radius 3 is 2.84 bits per heavy atom. The Balaban J connectivity index is 2.04. The average Bonchev–Trinajstić information content (AvgIpc) is 2.70. The first-order valence-electron chi connectivity index (χ1n) is 6.40. The average molecular weight is 266 g/mol. The van der Waals surface area contributed by atoms with E-state index in [4.69, 9.17) is 4.74 Å². The van der Waals surface area contributed by atoms with Crippen LogP contribution >= 0.6 is 0 Å². The van der Waals surface area contributed by atoms with Crippen molar-refractivity contribution in [1.82, 2.24) is 0 Å². The Morgan fingerprint density at radius 2 is 2.21 bits per heavy atom. The van der Waals surface area contributed by atoms with Gasteiger partial charge in [0.15, 0.2) is 0 Å². The molecule has 0 bridgehead atoms. The summed E-state index contributed by atoms with van der Waals surface area (Å²) in [7, 11) is 0. The number of hydrogen-bond acceptors (Lipinski definition) is 3. The van der Waals surface area contributed by atoms with Crippen molar-refractivity contribution in [2.24, 2.45) is 0 Å². The minimum Gasteiger partial charge on any atom is -0.507 e. The van der Waals surface area contributed by atoms with Crippen LogP contribution in [-0.4, -0.2) is 28.0 Å². The molecule has 2 rings (SSSR count). The lowest BCUT2D eigenvalue weighted by Crippen LogP contribution is -2.27. The first kappa shape index (κ1) is 14.0. The highest BCUT2D eigenvalue weighted by Gasteiger charge is 2.34. The zero-order chi connectivity index (χ0) is 14.0. The summed E-state index contributed by atoms with van der Waals surface area (Å²) in [4.78, 5) is 0. The van der Waals surface area contributed by atoms with Crippen molar-refractivity contribution >= 4 is 6.08 Å². The molecule has 1 unspecified atom stereocenters. The maximum atomic E-state index is 13.0. The maximum Gasteiger partial charge on any atom is 0.124 e. The molecule has 0 amide bonds. The van der Waals surface area contributed by atoms with E-state index in [0.29, 0.717) is 5.56 Å². The van der Waals surface area contributed by atoms with Gasteiger partial charge in [0, 0.05) is 5.56 Å². The van der Waals surface area contributed by atoms with E-state index in [-0.39, 0.29) is 17.5 Å². The minimum absolute atomic E-state index is 0.0162. The number of halogens is 1. The Hall–Kier alpha value is -1.39. The van der Waals surface area contributed by atoms with Crippen molar-refractivity contribution in [3.8, 4) is 5.75 Å². The summed E-state index contributed by atoms with van der Waals surface area (Å²) in [5.74, 6) is -0.442. The lowest BCUT2D eigenvalue weighted by Gasteiger charge is -2.21. The first-order valence-corrected chi connectivity index (χ1v) is 6.40. The quantitative estimate of drug-likeness (QED) is 0.884. The highest BCUT2D eigenvalue weighted by atomic mass is 19.1. The molecule has 1 aromatic carbocycles. The molecule has 1 heterocycles. The molecule has 0 radical (unpaired) electrons. The topological polar surface area (TPSA) is 49.7 Å². The maximum absolute atomic E-state index is 13.0. The molecule has 3 nitrogen and oxygen atoms in total. The third kappa shape index (κ3) is 3.55. The Morgan fingerprint density at radius 1 is 1.47 bits per heavy atom. The second-order valence-corrected chi connectivity index (χ2v) is 5.51. The van der Waals surface area contributed by atoms with Crippen LogP contribution < -0.4 is 0 Å². The third-order valence-corrected chi connectivity index (χ3v) is 3.34. The smallest absolute Gasteiger partial charge is 0.124 e. The molecule has 104 valence electrons. The predicted molar refractivity (Wildman–Crippen MR) is 71.3 cm³/mol. The molecule has 0 saturated carbocycles. The van der Waals surface area contributed by atoms with E-state index in [0.717, 1.165) is 12.8 Å². The van der Waals surface area contributed by atoms with E-state index in [2.05, 4.69) is 0 Å². The second-order valence-electron chi connectivity index (χ2n) is 5.51. The fourth-order valence-electron chi connectivity index (χ4n) is 2.24. The highest BCUT2D eigenvalue weighted by Crippen LogP contribution is 2.31. The molecule has 0 aromatic heterocycles. The van der Waals surface area contributed by atoms with E-state index in [1.165, 1.54) is 30.4 Å². The predicted octanol–water partition coefficient (Wildman–Crippen LogP) is 2.86. The van der Waals surface area contributed by atoms with Gasteiger partial charge in [0.25, 0.3) is 0 Å². The Kier molecular flexibility index (Phi) is 3.92. The molecule has 1 aliphatic heterocycles. The SMILES string of the molecule is CC1(C)CC[C@@H](C(O)/C=C/c2cc(F)ccc2O)O1. The number of ether oxygens (including phenoxy) is 1. The van der Waals surface area contributed by atoms with Crippen LogP contribution in [0.25, 0.3) is 6.08 Å². The summed E-state index contributed by atoms with van der Waals surface area (Å²) < 4.78 is 18.8. The van der Waals surface area contributed by atoms with Crippen LogP contribution in [0.3, 0.4) is 0 Å². The van der Waals surface area contributed by atoms with Gasteiger partial charge in [-0.15, -0.1) is 0 Å². The monoisotopic (exact) mass is 266 g/mol. The normalized spacial score (nSPS) is 23.9. The number of phenolic OH excluding ortho intramolecular Hbond substituents is 1. The van der Waals surface area contributed by atoms with Gasteiger partial charge in [0.05, 0.1) is 17.8 Å². The second kappa shape index (κ2) is 5.31. The van der Waals surface area contributed by atoms with Crippen LogP contribution in [-0.2, 0) is 4.74 Å². The molecule has 19 heavy (non-hydrogen) atoms. The lowest BCUT2D eigenvalue weighted by molar-refractivity contribution is -0.0567. The van der Waals surface area contributed by atoms with Gasteiger partial charge in [-0.3, -0.25) is 0 Å². The molecular formula is C15H19FO3. The number of phenols is 1. The lowest BCUT2D eigenvalue weighted by atomic mass is 10.0. The van der Waals surface area contributed by atoms with Crippen LogP contribution in [0.1, 0.15) is 32.3 Å². The van der Waals surface area contributed by atoms with Crippen molar-refractivity contribution < 1.29 is 19.3 Å². The molecule has 4 heteroatoms. The van der Waals surface area contributed by atoms with Gasteiger partial charge in [-0.25, -0.2) is 4.39 Å². The third-order valence-electron chi connectivity index (χ3n) is 3.34. The van der Waals surface area contributed by atoms with Gasteiger partial charge in [0.1, 0.15) is 11.6 Å². The van der Waals surface area contributed by atoms with Crippen molar-refractivity contribution in [2.45, 2.75) is 44.5 Å². The summed E-state index contributed by atoms with van der Waals surface area (Å²) in [5.41, 5.74) is 0.136. The van der Waals surface area contributed by atoms with Gasteiger partial charge in [0.2, 0.25) is 0 Å². The van der Waals surface area contributed by atoms with E-state index >= 15 is 0 Å². The van der Waals surface area contributed by atoms with E-state index in [1.807, 2.05) is 13.8 Å². The number of aromatic hydroxyl groups is 1. The van der Waals surface area contributed by atoms with E-state index in [1.54, 1.807) is 0 Å². The number of rotatable bonds is 3. The van der Waals surface area contributed by atoms with Crippen molar-refractivity contribution in [1.29, 1.82) is 0 Å². The molecule has 1 saturated heterocycles. The van der Waals surface area contributed by atoms with Gasteiger partial charge in [-0.05, 0) is 44.9 Å². The number of aliphatic hydroxyl groups is 1. The molecule has 2 atom stereocenters. The fourth-order valence-corrected chi connectivity index (χ4v) is 2.24. The fraction of sp³-hybridized carbons (Fsp3) is 0.467. The summed E-state index contributed by atoms with van der Waals surface area (Å²) in [6.45, 7) is 3.98. The number of benzene rings is 1. The number of aliphatic hydroxyl groups excluding tert-OH is 1. The minimum atomic E-state index is -0.760. The zero-order valence-corrected chi connectivity index (χ0v) is 11.1. The molecular weight excluding hydrogens is 247 g/mol. The summed E-state index contributed by atoms with van der Waals surface area (Å²) >= 11 is 0. The zero-order valence-electron chi connectivity index (χ0n) is 11.1. The summed E-state index contributed by atoms with van der Waals surface area (Å²) in [5, 5.41) is 19.6. The molecule has 1 fully saturated rings. The summed E-state index contributed by atoms with van der Waals surface area (Å²) in [6.07, 6.45) is 3.71. The van der Waals surface area contributed by atoms with Crippen LogP contribution in [0, 0.1) is 5.82 Å². The van der Waals surface area contributed by atoms with Crippen molar-refractivity contribution in [3.63, 3.8) is 0 Å². The number of hydrogen-bond donors (Lipinski definition) is 2. The molecule has 0 aliphatic carbocycles. The van der Waals surface area contributed by atoms with E-state index in [9.17, 15) is 14.6 Å². The first-order chi connectivity index (χ1) is 8.87. The van der Waals surface area contributed by atoms with Crippen molar-refractivity contribution in [3.05, 3.63) is 35.7 Å². The Labute approximate surface area is 112 Å². The molecule has 0 spiro atoms. The van der Waals surface area contributed by atoms with Crippen LogP contribution in [0.4, 0.5) is 4.39 Å². The van der Waals surface area contributed by atoms with E-state index < -0.39 is 11.9 Å². The van der Waals surface area contributed by atoms with Crippen molar-refractivity contribution in [2.75, 3.05) is 0 Å².